The fourth-order valence-electron chi connectivity index (χ4n) is 0.743. The molecule has 1 rings (SSSR count). The standard InChI is InChI=1S/C8H7ClFNO2/c1-13-8(12)11-5-2-3-6(9)7(10)4-5/h2-4H,1H3,(H,11,12). The van der Waals surface area contributed by atoms with Gasteiger partial charge in [-0.15, -0.1) is 0 Å². The molecule has 0 bridgehead atoms. The molecule has 13 heavy (non-hydrogen) atoms. The summed E-state index contributed by atoms with van der Waals surface area (Å²) in [6.07, 6.45) is -0.651. The molecule has 1 aromatic carbocycles. The first kappa shape index (κ1) is 9.80. The molecule has 5 heteroatoms. The van der Waals surface area contributed by atoms with Crippen molar-refractivity contribution >= 4 is 23.4 Å². The lowest BCUT2D eigenvalue weighted by atomic mass is 10.3. The smallest absolute Gasteiger partial charge is 0.411 e. The van der Waals surface area contributed by atoms with Gasteiger partial charge < -0.3 is 4.74 Å². The topological polar surface area (TPSA) is 38.3 Å². The zero-order chi connectivity index (χ0) is 9.84. The highest BCUT2D eigenvalue weighted by Crippen LogP contribution is 2.18. The third-order valence-electron chi connectivity index (χ3n) is 1.35. The van der Waals surface area contributed by atoms with Crippen molar-refractivity contribution in [1.82, 2.24) is 0 Å². The second-order valence-corrected chi connectivity index (χ2v) is 2.65. The molecule has 0 aliphatic rings. The van der Waals surface area contributed by atoms with Crippen LogP contribution in [0.25, 0.3) is 0 Å². The minimum Gasteiger partial charge on any atom is -0.453 e. The summed E-state index contributed by atoms with van der Waals surface area (Å²) >= 11 is 5.43. The predicted octanol–water partition coefficient (Wildman–Crippen LogP) is 2.66. The Kier molecular flexibility index (Phi) is 3.08. The van der Waals surface area contributed by atoms with Gasteiger partial charge in [-0.2, -0.15) is 0 Å². The molecule has 1 aromatic rings. The number of hydrogen-bond donors (Lipinski definition) is 1. The first-order valence-corrected chi connectivity index (χ1v) is 3.81. The molecule has 0 aliphatic carbocycles. The summed E-state index contributed by atoms with van der Waals surface area (Å²) < 4.78 is 17.1. The summed E-state index contributed by atoms with van der Waals surface area (Å²) in [5, 5.41) is 2.31. The summed E-state index contributed by atoms with van der Waals surface area (Å²) in [4.78, 5) is 10.7. The van der Waals surface area contributed by atoms with Crippen LogP contribution >= 0.6 is 11.6 Å². The van der Waals surface area contributed by atoms with Crippen molar-refractivity contribution < 1.29 is 13.9 Å². The Labute approximate surface area is 79.5 Å². The number of amides is 1. The van der Waals surface area contributed by atoms with Crippen molar-refractivity contribution in [2.24, 2.45) is 0 Å². The van der Waals surface area contributed by atoms with E-state index in [0.29, 0.717) is 5.69 Å². The Hall–Kier alpha value is -1.29. The number of hydrogen-bond acceptors (Lipinski definition) is 2. The van der Waals surface area contributed by atoms with E-state index in [-0.39, 0.29) is 5.02 Å². The van der Waals surface area contributed by atoms with Crippen molar-refractivity contribution in [2.75, 3.05) is 12.4 Å². The molecule has 0 saturated heterocycles. The first-order chi connectivity index (χ1) is 6.13. The highest BCUT2D eigenvalue weighted by molar-refractivity contribution is 6.30. The zero-order valence-electron chi connectivity index (χ0n) is 6.80. The van der Waals surface area contributed by atoms with Gasteiger partial charge in [0.15, 0.2) is 0 Å². The summed E-state index contributed by atoms with van der Waals surface area (Å²) in [5.41, 5.74) is 0.300. The van der Waals surface area contributed by atoms with Crippen LogP contribution in [0, 0.1) is 5.82 Å². The Balaban J connectivity index is 2.79. The number of nitrogens with one attached hydrogen (secondary N) is 1. The van der Waals surface area contributed by atoms with E-state index in [1.807, 2.05) is 0 Å². The number of methoxy groups -OCH3 is 1. The van der Waals surface area contributed by atoms with Crippen molar-refractivity contribution in [3.05, 3.63) is 29.0 Å². The lowest BCUT2D eigenvalue weighted by Crippen LogP contribution is -2.10. The van der Waals surface area contributed by atoms with Crippen LogP contribution < -0.4 is 5.32 Å². The maximum atomic E-state index is 12.8. The molecule has 0 heterocycles. The molecular formula is C8H7ClFNO2. The van der Waals surface area contributed by atoms with Gasteiger partial charge in [-0.25, -0.2) is 9.18 Å². The van der Waals surface area contributed by atoms with Crippen molar-refractivity contribution in [1.29, 1.82) is 0 Å². The summed E-state index contributed by atoms with van der Waals surface area (Å²) in [6.45, 7) is 0. The molecule has 0 fully saturated rings. The molecule has 0 spiro atoms. The number of carbonyl (C=O) groups excluding carboxylic acids is 1. The quantitative estimate of drug-likeness (QED) is 0.762. The van der Waals surface area contributed by atoms with E-state index in [4.69, 9.17) is 11.6 Å². The van der Waals surface area contributed by atoms with Gasteiger partial charge in [0.2, 0.25) is 0 Å². The second-order valence-electron chi connectivity index (χ2n) is 2.25. The van der Waals surface area contributed by atoms with Crippen molar-refractivity contribution in [3.63, 3.8) is 0 Å². The predicted molar refractivity (Wildman–Crippen MR) is 47.4 cm³/mol. The normalized spacial score (nSPS) is 9.46. The Morgan fingerprint density at radius 1 is 1.62 bits per heavy atom. The largest absolute Gasteiger partial charge is 0.453 e. The van der Waals surface area contributed by atoms with E-state index < -0.39 is 11.9 Å². The van der Waals surface area contributed by atoms with Crippen LogP contribution in [-0.2, 0) is 4.74 Å². The number of ether oxygens (including phenoxy) is 1. The van der Waals surface area contributed by atoms with E-state index in [0.717, 1.165) is 6.07 Å². The van der Waals surface area contributed by atoms with Crippen LogP contribution in [0.1, 0.15) is 0 Å². The van der Waals surface area contributed by atoms with Crippen molar-refractivity contribution in [2.45, 2.75) is 0 Å². The van der Waals surface area contributed by atoms with E-state index in [2.05, 4.69) is 10.1 Å². The minimum absolute atomic E-state index is 0.00964. The van der Waals surface area contributed by atoms with Crippen LogP contribution in [0.15, 0.2) is 18.2 Å². The Morgan fingerprint density at radius 3 is 2.85 bits per heavy atom. The first-order valence-electron chi connectivity index (χ1n) is 3.43. The SMILES string of the molecule is COC(=O)Nc1ccc(Cl)c(F)c1. The van der Waals surface area contributed by atoms with Gasteiger partial charge >= 0.3 is 6.09 Å². The molecule has 0 aliphatic heterocycles. The Bertz CT molecular complexity index is 330. The second kappa shape index (κ2) is 4.09. The van der Waals surface area contributed by atoms with Gasteiger partial charge in [0.25, 0.3) is 0 Å². The number of anilines is 1. The van der Waals surface area contributed by atoms with Crippen LogP contribution in [0.4, 0.5) is 14.9 Å². The van der Waals surface area contributed by atoms with Crippen LogP contribution in [0.2, 0.25) is 5.02 Å². The third-order valence-corrected chi connectivity index (χ3v) is 1.66. The number of rotatable bonds is 1. The number of halogens is 2. The summed E-state index contributed by atoms with van der Waals surface area (Å²) in [6, 6.07) is 3.93. The molecule has 0 aromatic heterocycles. The maximum Gasteiger partial charge on any atom is 0.411 e. The van der Waals surface area contributed by atoms with Gasteiger partial charge in [0.1, 0.15) is 5.82 Å². The minimum atomic E-state index is -0.651. The lowest BCUT2D eigenvalue weighted by molar-refractivity contribution is 0.187. The molecule has 0 saturated carbocycles. The zero-order valence-corrected chi connectivity index (χ0v) is 7.56. The molecule has 1 amide bonds. The average Bonchev–Trinajstić information content (AvgIpc) is 2.11. The summed E-state index contributed by atoms with van der Waals surface area (Å²) in [5.74, 6) is -0.587. The number of benzene rings is 1. The highest BCUT2D eigenvalue weighted by atomic mass is 35.5. The van der Waals surface area contributed by atoms with Crippen LogP contribution in [0.3, 0.4) is 0 Å². The maximum absolute atomic E-state index is 12.8. The van der Waals surface area contributed by atoms with E-state index in [1.165, 1.54) is 19.2 Å². The molecule has 3 nitrogen and oxygen atoms in total. The van der Waals surface area contributed by atoms with Gasteiger partial charge in [-0.1, -0.05) is 11.6 Å². The average molecular weight is 204 g/mol. The summed E-state index contributed by atoms with van der Waals surface area (Å²) in [7, 11) is 1.22. The highest BCUT2D eigenvalue weighted by Gasteiger charge is 2.03. The lowest BCUT2D eigenvalue weighted by Gasteiger charge is -2.03. The molecule has 1 N–H and O–H groups in total. The fourth-order valence-corrected chi connectivity index (χ4v) is 0.860. The molecule has 0 unspecified atom stereocenters. The Morgan fingerprint density at radius 2 is 2.31 bits per heavy atom. The van der Waals surface area contributed by atoms with Gasteiger partial charge in [0.05, 0.1) is 12.1 Å². The number of carbonyl (C=O) groups is 1. The van der Waals surface area contributed by atoms with Crippen LogP contribution in [0.5, 0.6) is 0 Å². The van der Waals surface area contributed by atoms with Gasteiger partial charge in [0, 0.05) is 5.69 Å². The fraction of sp³-hybridized carbons (Fsp3) is 0.125. The van der Waals surface area contributed by atoms with Gasteiger partial charge in [-0.3, -0.25) is 5.32 Å². The molecule has 0 atom stereocenters. The van der Waals surface area contributed by atoms with Crippen molar-refractivity contribution in [3.8, 4) is 0 Å². The third kappa shape index (κ3) is 2.59. The van der Waals surface area contributed by atoms with Crippen LogP contribution in [-0.4, -0.2) is 13.2 Å². The molecular weight excluding hydrogens is 197 g/mol. The van der Waals surface area contributed by atoms with E-state index in [1.54, 1.807) is 0 Å². The molecule has 0 radical (unpaired) electrons. The van der Waals surface area contributed by atoms with Gasteiger partial charge in [-0.05, 0) is 18.2 Å². The monoisotopic (exact) mass is 203 g/mol. The van der Waals surface area contributed by atoms with E-state index >= 15 is 0 Å². The van der Waals surface area contributed by atoms with E-state index in [9.17, 15) is 9.18 Å². The molecule has 70 valence electrons.